The van der Waals surface area contributed by atoms with E-state index in [0.717, 1.165) is 86.1 Å². The van der Waals surface area contributed by atoms with Crippen molar-refractivity contribution in [3.8, 4) is 0 Å². The van der Waals surface area contributed by atoms with E-state index < -0.39 is 18.1 Å². The Balaban J connectivity index is 0.000000352. The van der Waals surface area contributed by atoms with Crippen molar-refractivity contribution in [1.29, 1.82) is 0 Å². The fraction of sp³-hybridized carbons (Fsp3) is 0.579. The van der Waals surface area contributed by atoms with E-state index in [1.54, 1.807) is 28.8 Å². The Labute approximate surface area is 490 Å². The van der Waals surface area contributed by atoms with Crippen molar-refractivity contribution in [3.63, 3.8) is 0 Å². The third-order valence-corrected chi connectivity index (χ3v) is 673. The molecule has 0 aliphatic carbocycles. The van der Waals surface area contributed by atoms with Gasteiger partial charge in [-0.1, -0.05) is 54.9 Å². The number of amides is 4. The molecular weight excluding hydrogens is 2270 g/mol. The first-order valence-corrected chi connectivity index (χ1v) is 89.1. The van der Waals surface area contributed by atoms with E-state index in [9.17, 15) is 24.3 Å². The zero-order chi connectivity index (χ0) is 46.9. The summed E-state index contributed by atoms with van der Waals surface area (Å²) in [5.41, 5.74) is 4.63. The first-order chi connectivity index (χ1) is 29.6. The normalized spacial score (nSPS) is 20.7. The van der Waals surface area contributed by atoms with Gasteiger partial charge in [-0.2, -0.15) is 0 Å². The number of rotatable bonds is 12. The summed E-state index contributed by atoms with van der Waals surface area (Å²) in [6.07, 6.45) is 3.32. The van der Waals surface area contributed by atoms with Crippen molar-refractivity contribution in [1.82, 2.24) is 29.4 Å². The molecule has 0 saturated carbocycles. The number of methoxy groups -OCH3 is 1. The van der Waals surface area contributed by atoms with Crippen LogP contribution in [0.4, 0.5) is 9.59 Å². The number of urea groups is 2. The van der Waals surface area contributed by atoms with Crippen LogP contribution in [0.3, 0.4) is 0 Å². The monoisotopic (exact) mass is 2320 g/mol. The van der Waals surface area contributed by atoms with Crippen LogP contribution in [0, 0.1) is 13.8 Å². The summed E-state index contributed by atoms with van der Waals surface area (Å²) in [4.78, 5) is 59.5. The summed E-state index contributed by atoms with van der Waals surface area (Å²) in [6, 6.07) is 10.8. The Bertz CT molecular complexity index is 1880. The predicted molar refractivity (Wildman–Crippen MR) is 378 cm³/mol. The van der Waals surface area contributed by atoms with Crippen LogP contribution in [-0.2, 0) is 27.4 Å². The Hall–Kier alpha value is 5.47. The molecule has 2 atom stereocenters. The summed E-state index contributed by atoms with van der Waals surface area (Å²) >= 11 is 32.3. The van der Waals surface area contributed by atoms with E-state index in [2.05, 4.69) is 158 Å². The maximum atomic E-state index is 12.5. The van der Waals surface area contributed by atoms with Crippen LogP contribution < -0.4 is 0 Å². The van der Waals surface area contributed by atoms with Crippen molar-refractivity contribution >= 4 is 229 Å². The van der Waals surface area contributed by atoms with Gasteiger partial charge in [-0.05, 0) is 73.9 Å². The van der Waals surface area contributed by atoms with Gasteiger partial charge in [0.2, 0.25) is 0 Å². The van der Waals surface area contributed by atoms with Gasteiger partial charge in [0, 0.05) is 75.5 Å². The second-order valence-corrected chi connectivity index (χ2v) is 260. The molecule has 65 heavy (non-hydrogen) atoms. The maximum absolute atomic E-state index is 12.5. The molecule has 0 unspecified atom stereocenters. The zero-order valence-electron chi connectivity index (χ0n) is 35.1. The summed E-state index contributed by atoms with van der Waals surface area (Å²) in [6.45, 7) is 9.90. The van der Waals surface area contributed by atoms with Gasteiger partial charge in [-0.25, -0.2) is 19.2 Å². The van der Waals surface area contributed by atoms with E-state index in [4.69, 9.17) is 27.9 Å². The molecule has 2 aromatic rings. The number of halogens is 15. The van der Waals surface area contributed by atoms with Crippen molar-refractivity contribution in [2.45, 2.75) is 84.2 Å². The fourth-order valence-corrected chi connectivity index (χ4v) is 1270. The molecule has 4 aliphatic rings. The van der Waals surface area contributed by atoms with Crippen LogP contribution in [0.1, 0.15) is 55.4 Å². The molecule has 4 heterocycles. The molecule has 4 amide bonds. The summed E-state index contributed by atoms with van der Waals surface area (Å²) in [7, 11) is 3.06. The van der Waals surface area contributed by atoms with Crippen LogP contribution in [0.2, 0.25) is 10.0 Å². The van der Waals surface area contributed by atoms with Crippen LogP contribution in [0.25, 0.3) is 0 Å². The number of aryl methyl sites for hydroxylation is 2. The number of nitrogens with zero attached hydrogens (tertiary/aromatic N) is 6. The SMILES string of the molecule is C.COC(=O)[C@H]1CN(C)C(=O)N1C1CCN(Cc2ccc(Cl)c(C)c2)CC1.Cc1cc(CN2CCC(N3C(=O)N(C)C[C@@H]3C(=O)O)CC2)ccc1Cl.Cl.II(I)I(I)I(I)I(I)I(I)I. The number of ether oxygens (including phenoxy) is 1. The molecule has 6 rings (SSSR count). The van der Waals surface area contributed by atoms with E-state index in [-0.39, 0.29) is 96.0 Å². The molecule has 4 aliphatic heterocycles. The molecule has 1 N–H and O–H groups in total. The average Bonchev–Trinajstić information content (AvgIpc) is 3.73. The molecule has 0 radical (unpaired) electrons. The molecule has 0 aromatic heterocycles. The Morgan fingerprint density at radius 2 is 1.03 bits per heavy atom. The quantitative estimate of drug-likeness (QED) is 0.165. The Morgan fingerprint density at radius 1 is 0.677 bits per heavy atom. The van der Waals surface area contributed by atoms with Gasteiger partial charge in [0.25, 0.3) is 0 Å². The molecule has 0 bridgehead atoms. The fourth-order valence-electron chi connectivity index (χ4n) is 7.78. The first-order valence-electron chi connectivity index (χ1n) is 19.2. The second-order valence-electron chi connectivity index (χ2n) is 15.0. The third kappa shape index (κ3) is 20.1. The number of likely N-dealkylation sites (tertiary alicyclic amines) is 2. The number of piperidine rings is 2. The number of carboxylic acid groups (broad SMARTS) is 1. The second kappa shape index (κ2) is 32.9. The van der Waals surface area contributed by atoms with Gasteiger partial charge in [-0.15, -0.1) is 12.4 Å². The van der Waals surface area contributed by atoms with Gasteiger partial charge in [0.1, 0.15) is 12.1 Å². The van der Waals surface area contributed by atoms with Gasteiger partial charge in [0.15, 0.2) is 0 Å². The summed E-state index contributed by atoms with van der Waals surface area (Å²) < 4.78 is 4.89. The summed E-state index contributed by atoms with van der Waals surface area (Å²) in [5, 5.41) is 11.0. The van der Waals surface area contributed by atoms with Gasteiger partial charge in [-0.3, -0.25) is 9.80 Å². The standard InChI is InChI=1S/C19H26ClN3O3.C18H24ClN3O3.CH4.ClH.I12/c1-13-10-14(4-5-16(13)20)11-22-8-6-15(7-9-22)23-17(18(24)26-3)12-21(2)19(23)25;1-12-9-13(3-4-15(12)19)10-21-7-5-14(6-8-21)22-16(17(23)24)11-20(2)18(22)25;;;1-8(2)10(5)12(7)11(6)9(3)4/h4-5,10,15,17H,6-9,11-12H2,1-3H3;3-4,9,14,16H,5-8,10-11H2,1-2H3,(H,23,24);1H4;1H;/t17-;16-;;;/m11.../s1. The molecule has 2 aromatic carbocycles. The topological polar surface area (TPSA) is 117 Å². The van der Waals surface area contributed by atoms with Gasteiger partial charge in [0.05, 0.1) is 20.2 Å². The number of hydrogen-bond donors (Lipinski definition) is 1. The van der Waals surface area contributed by atoms with Crippen LogP contribution in [0.15, 0.2) is 36.4 Å². The minimum atomic E-state index is -0.920. The van der Waals surface area contributed by atoms with Crippen LogP contribution >= 0.6 is 205 Å². The van der Waals surface area contributed by atoms with Crippen molar-refractivity contribution in [2.75, 3.05) is 60.5 Å². The van der Waals surface area contributed by atoms with Crippen LogP contribution in [0.5, 0.6) is 0 Å². The zero-order valence-corrected chi connectivity index (χ0v) is 63.3. The third-order valence-electron chi connectivity index (χ3n) is 10.9. The van der Waals surface area contributed by atoms with Gasteiger partial charge >= 0.3 is 194 Å². The van der Waals surface area contributed by atoms with Gasteiger partial charge < -0.3 is 29.4 Å². The number of esters is 1. The number of likely N-dealkylation sites (N-methyl/N-ethyl adjacent to an activating group) is 2. The Morgan fingerprint density at radius 3 is 1.35 bits per heavy atom. The number of carbonyl (C=O) groups excluding carboxylic acids is 3. The number of carboxylic acids is 1. The molecule has 27 heteroatoms. The molecule has 4 fully saturated rings. The van der Waals surface area contributed by atoms with E-state index in [1.165, 1.54) is 23.1 Å². The number of carbonyl (C=O) groups is 4. The molecule has 12 nitrogen and oxygen atoms in total. The van der Waals surface area contributed by atoms with Crippen molar-refractivity contribution in [2.24, 2.45) is 0 Å². The predicted octanol–water partition coefficient (Wildman–Crippen LogP) is 16.6. The number of aliphatic carboxylic acids is 1. The molecule has 378 valence electrons. The van der Waals surface area contributed by atoms with E-state index >= 15 is 0 Å². The molecule has 4 saturated heterocycles. The number of hydrogen-bond acceptors (Lipinski definition) is 7. The summed E-state index contributed by atoms with van der Waals surface area (Å²) in [5.74, 6) is -1.25. The van der Waals surface area contributed by atoms with E-state index in [0.29, 0.717) is 6.54 Å². The molecule has 0 spiro atoms. The average molecular weight is 2320 g/mol. The Kier molecular flexibility index (Phi) is 33.7. The van der Waals surface area contributed by atoms with Crippen molar-refractivity contribution < 1.29 is 29.0 Å². The molecular formula is C38H55Cl3I12N6O6. The van der Waals surface area contributed by atoms with Crippen molar-refractivity contribution in [3.05, 3.63) is 68.7 Å². The van der Waals surface area contributed by atoms with E-state index in [1.807, 2.05) is 32.0 Å². The number of benzene rings is 2. The first kappa shape index (κ1) is 66.6. The minimum absolute atomic E-state index is 0. The van der Waals surface area contributed by atoms with Crippen LogP contribution in [-0.4, -0.2) is 143 Å².